The number of hydrogen-bond donors (Lipinski definition) is 0. The van der Waals surface area contributed by atoms with Crippen LogP contribution in [0.15, 0.2) is 23.1 Å². The van der Waals surface area contributed by atoms with Crippen LogP contribution in [0, 0.1) is 0 Å². The zero-order valence-corrected chi connectivity index (χ0v) is 13.6. The second-order valence-electron chi connectivity index (χ2n) is 4.14. The summed E-state index contributed by atoms with van der Waals surface area (Å²) >= 11 is 6.76. The van der Waals surface area contributed by atoms with Gasteiger partial charge < -0.3 is 0 Å². The molecule has 1 aromatic carbocycles. The number of hydrogen-bond acceptors (Lipinski definition) is 5. The van der Waals surface area contributed by atoms with E-state index in [1.54, 1.807) is 0 Å². The average molecular weight is 336 g/mol. The summed E-state index contributed by atoms with van der Waals surface area (Å²) < 4.78 is 25.1. The number of carbonyl (C=O) groups excluding carboxylic acids is 2. The minimum Gasteiger partial charge on any atom is -0.293 e. The van der Waals surface area contributed by atoms with Gasteiger partial charge in [-0.25, -0.2) is 12.7 Å². The SMILES string of the molecule is CC(=O)SCC(=O)c1ccc(Cl)c(S(=O)(=O)N(C)C)c1. The van der Waals surface area contributed by atoms with Crippen molar-refractivity contribution < 1.29 is 18.0 Å². The molecule has 0 aliphatic heterocycles. The molecular formula is C12H14ClNO4S2. The van der Waals surface area contributed by atoms with Gasteiger partial charge in [-0.2, -0.15) is 0 Å². The monoisotopic (exact) mass is 335 g/mol. The van der Waals surface area contributed by atoms with E-state index in [0.717, 1.165) is 16.1 Å². The highest BCUT2D eigenvalue weighted by atomic mass is 35.5. The molecule has 0 aromatic heterocycles. The summed E-state index contributed by atoms with van der Waals surface area (Å²) in [6, 6.07) is 4.05. The number of halogens is 1. The van der Waals surface area contributed by atoms with Crippen LogP contribution in [0.5, 0.6) is 0 Å². The fourth-order valence-electron chi connectivity index (χ4n) is 1.32. The molecule has 0 aliphatic carbocycles. The van der Waals surface area contributed by atoms with Crippen molar-refractivity contribution in [3.63, 3.8) is 0 Å². The van der Waals surface area contributed by atoms with Gasteiger partial charge >= 0.3 is 0 Å². The number of rotatable bonds is 5. The van der Waals surface area contributed by atoms with Gasteiger partial charge in [0, 0.05) is 26.6 Å². The largest absolute Gasteiger partial charge is 0.293 e. The third kappa shape index (κ3) is 4.05. The fraction of sp³-hybridized carbons (Fsp3) is 0.333. The summed E-state index contributed by atoms with van der Waals surface area (Å²) in [7, 11) is -0.958. The Morgan fingerprint density at radius 2 is 1.90 bits per heavy atom. The summed E-state index contributed by atoms with van der Waals surface area (Å²) in [4.78, 5) is 22.6. The molecule has 1 aromatic rings. The molecule has 0 atom stereocenters. The lowest BCUT2D eigenvalue weighted by molar-refractivity contribution is -0.109. The quantitative estimate of drug-likeness (QED) is 0.770. The normalized spacial score (nSPS) is 11.7. The van der Waals surface area contributed by atoms with E-state index < -0.39 is 10.0 Å². The van der Waals surface area contributed by atoms with Crippen molar-refractivity contribution in [2.24, 2.45) is 0 Å². The van der Waals surface area contributed by atoms with Gasteiger partial charge in [-0.1, -0.05) is 23.4 Å². The van der Waals surface area contributed by atoms with E-state index in [-0.39, 0.29) is 32.1 Å². The minimum atomic E-state index is -3.72. The molecule has 5 nitrogen and oxygen atoms in total. The molecule has 110 valence electrons. The predicted molar refractivity (Wildman–Crippen MR) is 79.8 cm³/mol. The summed E-state index contributed by atoms with van der Waals surface area (Å²) in [5.74, 6) is -0.352. The molecule has 1 rings (SSSR count). The molecule has 0 saturated heterocycles. The van der Waals surface area contributed by atoms with Crippen molar-refractivity contribution in [2.75, 3.05) is 19.8 Å². The first-order valence-electron chi connectivity index (χ1n) is 5.55. The number of benzene rings is 1. The van der Waals surface area contributed by atoms with Crippen LogP contribution in [0.3, 0.4) is 0 Å². The van der Waals surface area contributed by atoms with Crippen LogP contribution < -0.4 is 0 Å². The molecule has 20 heavy (non-hydrogen) atoms. The summed E-state index contributed by atoms with van der Waals surface area (Å²) in [5.41, 5.74) is 0.212. The highest BCUT2D eigenvalue weighted by Gasteiger charge is 2.22. The van der Waals surface area contributed by atoms with Crippen LogP contribution in [0.25, 0.3) is 0 Å². The maximum atomic E-state index is 12.1. The molecule has 0 unspecified atom stereocenters. The van der Waals surface area contributed by atoms with Gasteiger partial charge in [-0.15, -0.1) is 0 Å². The lowest BCUT2D eigenvalue weighted by atomic mass is 10.1. The Balaban J connectivity index is 3.16. The maximum absolute atomic E-state index is 12.1. The zero-order valence-electron chi connectivity index (χ0n) is 11.2. The second-order valence-corrected chi connectivity index (χ2v) is 7.82. The maximum Gasteiger partial charge on any atom is 0.244 e. The lowest BCUT2D eigenvalue weighted by Crippen LogP contribution is -2.23. The number of Topliss-reactive ketones (excluding diaryl/α,β-unsaturated/α-hetero) is 1. The third-order valence-electron chi connectivity index (χ3n) is 2.42. The molecule has 0 radical (unpaired) electrons. The molecule has 0 aliphatic rings. The van der Waals surface area contributed by atoms with Crippen LogP contribution in [0.1, 0.15) is 17.3 Å². The van der Waals surface area contributed by atoms with Crippen molar-refractivity contribution in [2.45, 2.75) is 11.8 Å². The Hall–Kier alpha value is -0.890. The van der Waals surface area contributed by atoms with Crippen molar-refractivity contribution in [1.82, 2.24) is 4.31 Å². The third-order valence-corrected chi connectivity index (χ3v) is 5.53. The van der Waals surface area contributed by atoms with Crippen LogP contribution in [0.4, 0.5) is 0 Å². The van der Waals surface area contributed by atoms with Gasteiger partial charge in [-0.05, 0) is 18.2 Å². The van der Waals surface area contributed by atoms with E-state index in [2.05, 4.69) is 0 Å². The smallest absolute Gasteiger partial charge is 0.244 e. The topological polar surface area (TPSA) is 71.5 Å². The Bertz CT molecular complexity index is 641. The Morgan fingerprint density at radius 1 is 1.30 bits per heavy atom. The number of carbonyl (C=O) groups is 2. The van der Waals surface area contributed by atoms with Crippen LogP contribution >= 0.6 is 23.4 Å². The van der Waals surface area contributed by atoms with Gasteiger partial charge in [0.25, 0.3) is 0 Å². The van der Waals surface area contributed by atoms with E-state index in [9.17, 15) is 18.0 Å². The number of thioether (sulfide) groups is 1. The molecular weight excluding hydrogens is 322 g/mol. The van der Waals surface area contributed by atoms with E-state index in [4.69, 9.17) is 11.6 Å². The van der Waals surface area contributed by atoms with Crippen LogP contribution in [0.2, 0.25) is 5.02 Å². The standard InChI is InChI=1S/C12H14ClNO4S2/c1-8(15)19-7-11(16)9-4-5-10(13)12(6-9)20(17,18)14(2)3/h4-6H,7H2,1-3H3. The number of ketones is 1. The summed E-state index contributed by atoms with van der Waals surface area (Å²) in [6.45, 7) is 1.36. The highest BCUT2D eigenvalue weighted by molar-refractivity contribution is 8.14. The zero-order chi connectivity index (χ0) is 15.5. The minimum absolute atomic E-state index is 0.0293. The molecule has 0 fully saturated rings. The Labute approximate surface area is 127 Å². The molecule has 0 saturated carbocycles. The average Bonchev–Trinajstić information content (AvgIpc) is 2.35. The molecule has 8 heteroatoms. The van der Waals surface area contributed by atoms with Crippen molar-refractivity contribution in [3.8, 4) is 0 Å². The van der Waals surface area contributed by atoms with E-state index >= 15 is 0 Å². The summed E-state index contributed by atoms with van der Waals surface area (Å²) in [5, 5.41) is -0.122. The van der Waals surface area contributed by atoms with E-state index in [1.807, 2.05) is 0 Å². The number of nitrogens with zero attached hydrogens (tertiary/aromatic N) is 1. The first kappa shape index (κ1) is 17.2. The van der Waals surface area contributed by atoms with Gasteiger partial charge in [0.05, 0.1) is 10.8 Å². The van der Waals surface area contributed by atoms with Gasteiger partial charge in [0.2, 0.25) is 10.0 Å². The van der Waals surface area contributed by atoms with Crippen LogP contribution in [-0.4, -0.2) is 43.5 Å². The van der Waals surface area contributed by atoms with E-state index in [0.29, 0.717) is 0 Å². The summed E-state index contributed by atoms with van der Waals surface area (Å²) in [6.07, 6.45) is 0. The Kier molecular flexibility index (Phi) is 5.76. The van der Waals surface area contributed by atoms with Crippen molar-refractivity contribution >= 4 is 44.3 Å². The van der Waals surface area contributed by atoms with Crippen LogP contribution in [-0.2, 0) is 14.8 Å². The Morgan fingerprint density at radius 3 is 2.40 bits per heavy atom. The van der Waals surface area contributed by atoms with Crippen molar-refractivity contribution in [3.05, 3.63) is 28.8 Å². The fourth-order valence-corrected chi connectivity index (χ4v) is 3.22. The predicted octanol–water partition coefficient (Wildman–Crippen LogP) is 2.05. The first-order chi connectivity index (χ1) is 9.16. The highest BCUT2D eigenvalue weighted by Crippen LogP contribution is 2.25. The lowest BCUT2D eigenvalue weighted by Gasteiger charge is -2.13. The van der Waals surface area contributed by atoms with E-state index in [1.165, 1.54) is 39.2 Å². The molecule has 0 spiro atoms. The molecule has 0 amide bonds. The van der Waals surface area contributed by atoms with Gasteiger partial charge in [0.1, 0.15) is 4.90 Å². The van der Waals surface area contributed by atoms with Gasteiger partial charge in [0.15, 0.2) is 10.9 Å². The van der Waals surface area contributed by atoms with Gasteiger partial charge in [-0.3, -0.25) is 9.59 Å². The first-order valence-corrected chi connectivity index (χ1v) is 8.35. The second kappa shape index (κ2) is 6.71. The molecule has 0 N–H and O–H groups in total. The van der Waals surface area contributed by atoms with Crippen molar-refractivity contribution in [1.29, 1.82) is 0 Å². The molecule has 0 heterocycles. The molecule has 0 bridgehead atoms. The number of sulfonamides is 1.